The zero-order valence-electron chi connectivity index (χ0n) is 15.7. The summed E-state index contributed by atoms with van der Waals surface area (Å²) in [5.74, 6) is 0.323. The highest BCUT2D eigenvalue weighted by Gasteiger charge is 2.12. The number of nitrogens with one attached hydrogen (secondary N) is 1. The Morgan fingerprint density at radius 2 is 1.86 bits per heavy atom. The number of hydrogen-bond donors (Lipinski definition) is 1. The number of nitrogens with zero attached hydrogens (tertiary/aromatic N) is 2. The highest BCUT2D eigenvalue weighted by Crippen LogP contribution is 2.27. The maximum Gasteiger partial charge on any atom is 0.255 e. The first-order valence-corrected chi connectivity index (χ1v) is 10.4. The first-order valence-electron chi connectivity index (χ1n) is 8.53. The molecule has 2 aromatic carbocycles. The SMILES string of the molecule is Cc1cc(Oc2ncccc2C#N)ccc1NC(=O)c1ccc(S(C)(=O)=O)cc1. The zero-order valence-corrected chi connectivity index (χ0v) is 16.5. The lowest BCUT2D eigenvalue weighted by Crippen LogP contribution is -2.13. The Kier molecular flexibility index (Phi) is 5.61. The van der Waals surface area contributed by atoms with Gasteiger partial charge >= 0.3 is 0 Å². The first kappa shape index (κ1) is 20.0. The molecule has 146 valence electrons. The van der Waals surface area contributed by atoms with E-state index in [1.165, 1.54) is 30.5 Å². The molecular formula is C21H17N3O4S. The maximum absolute atomic E-state index is 12.4. The summed E-state index contributed by atoms with van der Waals surface area (Å²) < 4.78 is 28.7. The molecule has 0 unspecified atom stereocenters. The molecule has 0 aliphatic rings. The Hall–Kier alpha value is -3.70. The molecule has 3 rings (SSSR count). The van der Waals surface area contributed by atoms with Gasteiger partial charge in [0.05, 0.1) is 4.90 Å². The summed E-state index contributed by atoms with van der Waals surface area (Å²) in [6.45, 7) is 1.80. The zero-order chi connectivity index (χ0) is 21.0. The molecule has 1 amide bonds. The summed E-state index contributed by atoms with van der Waals surface area (Å²) in [4.78, 5) is 16.7. The van der Waals surface area contributed by atoms with Crippen molar-refractivity contribution in [2.45, 2.75) is 11.8 Å². The molecule has 1 aromatic heterocycles. The molecule has 0 atom stereocenters. The van der Waals surface area contributed by atoms with Crippen LogP contribution in [-0.4, -0.2) is 25.6 Å². The number of sulfone groups is 1. The standard InChI is InChI=1S/C21H17N3O4S/c1-14-12-17(28-21-16(13-22)4-3-11-23-21)7-10-19(14)24-20(25)15-5-8-18(9-6-15)29(2,26)27/h3-12H,1-2H3,(H,24,25). The number of hydrogen-bond acceptors (Lipinski definition) is 6. The van der Waals surface area contributed by atoms with Crippen LogP contribution in [0.2, 0.25) is 0 Å². The van der Waals surface area contributed by atoms with Gasteiger partial charge in [0.2, 0.25) is 5.88 Å². The van der Waals surface area contributed by atoms with E-state index in [1.807, 2.05) is 6.07 Å². The van der Waals surface area contributed by atoms with Gasteiger partial charge in [-0.05, 0) is 67.1 Å². The Balaban J connectivity index is 1.75. The normalized spacial score (nSPS) is 10.8. The van der Waals surface area contributed by atoms with Gasteiger partial charge in [-0.3, -0.25) is 4.79 Å². The van der Waals surface area contributed by atoms with E-state index in [0.29, 0.717) is 22.6 Å². The molecule has 0 fully saturated rings. The number of amides is 1. The second kappa shape index (κ2) is 8.12. The van der Waals surface area contributed by atoms with Crippen LogP contribution in [0.3, 0.4) is 0 Å². The highest BCUT2D eigenvalue weighted by molar-refractivity contribution is 7.90. The molecule has 1 heterocycles. The van der Waals surface area contributed by atoms with Crippen LogP contribution in [0.15, 0.2) is 65.7 Å². The van der Waals surface area contributed by atoms with Crippen LogP contribution in [-0.2, 0) is 9.84 Å². The summed E-state index contributed by atoms with van der Waals surface area (Å²) in [7, 11) is -3.32. The fourth-order valence-corrected chi connectivity index (χ4v) is 3.19. The second-order valence-corrected chi connectivity index (χ2v) is 8.31. The third kappa shape index (κ3) is 4.78. The van der Waals surface area contributed by atoms with E-state index in [0.717, 1.165) is 11.8 Å². The van der Waals surface area contributed by atoms with Gasteiger partial charge in [-0.25, -0.2) is 13.4 Å². The minimum absolute atomic E-state index is 0.151. The lowest BCUT2D eigenvalue weighted by molar-refractivity contribution is 0.102. The van der Waals surface area contributed by atoms with Gasteiger partial charge in [-0.1, -0.05) is 0 Å². The molecule has 7 nitrogen and oxygen atoms in total. The number of nitriles is 1. The molecule has 0 aliphatic heterocycles. The largest absolute Gasteiger partial charge is 0.438 e. The summed E-state index contributed by atoms with van der Waals surface area (Å²) in [6.07, 6.45) is 2.65. The van der Waals surface area contributed by atoms with E-state index in [1.54, 1.807) is 37.3 Å². The molecule has 0 saturated heterocycles. The van der Waals surface area contributed by atoms with Crippen molar-refractivity contribution >= 4 is 21.4 Å². The third-order valence-corrected chi connectivity index (χ3v) is 5.23. The fraction of sp³-hybridized carbons (Fsp3) is 0.0952. The van der Waals surface area contributed by atoms with E-state index < -0.39 is 9.84 Å². The number of aromatic nitrogens is 1. The molecule has 0 bridgehead atoms. The van der Waals surface area contributed by atoms with Crippen molar-refractivity contribution in [1.82, 2.24) is 4.98 Å². The quantitative estimate of drug-likeness (QED) is 0.690. The van der Waals surface area contributed by atoms with Gasteiger partial charge < -0.3 is 10.1 Å². The van der Waals surface area contributed by atoms with Crippen LogP contribution in [0, 0.1) is 18.3 Å². The molecule has 3 aromatic rings. The fourth-order valence-electron chi connectivity index (χ4n) is 2.56. The molecule has 0 spiro atoms. The number of anilines is 1. The van der Waals surface area contributed by atoms with Gasteiger partial charge in [0.15, 0.2) is 9.84 Å². The second-order valence-electron chi connectivity index (χ2n) is 6.30. The molecule has 1 N–H and O–H groups in total. The lowest BCUT2D eigenvalue weighted by Gasteiger charge is -2.11. The van der Waals surface area contributed by atoms with Crippen LogP contribution in [0.5, 0.6) is 11.6 Å². The Morgan fingerprint density at radius 3 is 2.48 bits per heavy atom. The smallest absolute Gasteiger partial charge is 0.255 e. The van der Waals surface area contributed by atoms with Gasteiger partial charge in [-0.2, -0.15) is 5.26 Å². The van der Waals surface area contributed by atoms with E-state index in [9.17, 15) is 13.2 Å². The molecule has 0 radical (unpaired) electrons. The van der Waals surface area contributed by atoms with Gasteiger partial charge in [0, 0.05) is 23.7 Å². The predicted octanol–water partition coefficient (Wildman–Crippen LogP) is 3.71. The number of carbonyl (C=O) groups excluding carboxylic acids is 1. The average Bonchev–Trinajstić information content (AvgIpc) is 2.70. The molecule has 29 heavy (non-hydrogen) atoms. The van der Waals surface area contributed by atoms with Crippen molar-refractivity contribution in [3.63, 3.8) is 0 Å². The lowest BCUT2D eigenvalue weighted by atomic mass is 10.1. The van der Waals surface area contributed by atoms with Crippen LogP contribution in [0.4, 0.5) is 5.69 Å². The number of pyridine rings is 1. The Morgan fingerprint density at radius 1 is 1.14 bits per heavy atom. The summed E-state index contributed by atoms with van der Waals surface area (Å²) in [5, 5.41) is 11.9. The number of rotatable bonds is 5. The van der Waals surface area contributed by atoms with Crippen LogP contribution >= 0.6 is 0 Å². The van der Waals surface area contributed by atoms with Gasteiger partial charge in [-0.15, -0.1) is 0 Å². The number of ether oxygens (including phenoxy) is 1. The number of aryl methyl sites for hydroxylation is 1. The van der Waals surface area contributed by atoms with Crippen molar-refractivity contribution in [2.24, 2.45) is 0 Å². The molecular weight excluding hydrogens is 390 g/mol. The van der Waals surface area contributed by atoms with Crippen molar-refractivity contribution in [2.75, 3.05) is 11.6 Å². The van der Waals surface area contributed by atoms with Crippen LogP contribution in [0.1, 0.15) is 21.5 Å². The topological polar surface area (TPSA) is 109 Å². The van der Waals surface area contributed by atoms with E-state index >= 15 is 0 Å². The first-order chi connectivity index (χ1) is 13.8. The predicted molar refractivity (Wildman–Crippen MR) is 108 cm³/mol. The average molecular weight is 407 g/mol. The Labute approximate surface area is 168 Å². The minimum atomic E-state index is -3.32. The van der Waals surface area contributed by atoms with Gasteiger partial charge in [0.1, 0.15) is 17.4 Å². The molecule has 0 aliphatic carbocycles. The number of carbonyl (C=O) groups is 1. The third-order valence-electron chi connectivity index (χ3n) is 4.10. The van der Waals surface area contributed by atoms with E-state index in [4.69, 9.17) is 10.00 Å². The van der Waals surface area contributed by atoms with E-state index in [2.05, 4.69) is 10.3 Å². The summed E-state index contributed by atoms with van der Waals surface area (Å²) >= 11 is 0. The monoisotopic (exact) mass is 407 g/mol. The summed E-state index contributed by atoms with van der Waals surface area (Å²) in [6, 6.07) is 16.1. The van der Waals surface area contributed by atoms with Crippen molar-refractivity contribution in [3.8, 4) is 17.7 Å². The van der Waals surface area contributed by atoms with E-state index in [-0.39, 0.29) is 16.7 Å². The van der Waals surface area contributed by atoms with Crippen LogP contribution < -0.4 is 10.1 Å². The van der Waals surface area contributed by atoms with Crippen molar-refractivity contribution in [3.05, 3.63) is 77.5 Å². The van der Waals surface area contributed by atoms with Crippen LogP contribution in [0.25, 0.3) is 0 Å². The molecule has 0 saturated carbocycles. The molecule has 8 heteroatoms. The minimum Gasteiger partial charge on any atom is -0.438 e. The van der Waals surface area contributed by atoms with Crippen molar-refractivity contribution < 1.29 is 17.9 Å². The van der Waals surface area contributed by atoms with Gasteiger partial charge in [0.25, 0.3) is 5.91 Å². The maximum atomic E-state index is 12.4. The number of benzene rings is 2. The highest BCUT2D eigenvalue weighted by atomic mass is 32.2. The summed E-state index contributed by atoms with van der Waals surface area (Å²) in [5.41, 5.74) is 1.98. The Bertz CT molecular complexity index is 1210. The van der Waals surface area contributed by atoms with Crippen molar-refractivity contribution in [1.29, 1.82) is 5.26 Å².